The molecule has 3 unspecified atom stereocenters. The quantitative estimate of drug-likeness (QED) is 0.123. The average molecular weight is 693 g/mol. The molecular formula is C44H50ClO3P. The SMILES string of the molecule is CCCC=C(CC)C(=C(C)CC)c1cc2ccccc2c2c1OP(=O)(Cl)Oc1c(C3C(CC)=CC(CC)=CC3CC)cc3ccccc3c1-2. The van der Waals surface area contributed by atoms with Crippen molar-refractivity contribution in [3.63, 3.8) is 0 Å². The summed E-state index contributed by atoms with van der Waals surface area (Å²) in [6.45, 7) is 11.3. The molecule has 5 heteroatoms. The standard InChI is InChI=1S/C44H50ClO3P/c1-8-14-19-30(11-4)39(28(7)9-2)37-26-33-20-15-17-22-35(33)41-42-36-23-18-16-21-34(36)27-38(44(42)48-49(45,46)47-43(37)41)40-31(12-5)24-29(10-3)25-32(40)13-6/h15-27,31,40H,8-14H2,1-7H3. The van der Waals surface area contributed by atoms with Gasteiger partial charge in [0.2, 0.25) is 0 Å². The number of allylic oxidation sites excluding steroid dienone is 8. The van der Waals surface area contributed by atoms with Crippen LogP contribution in [0.1, 0.15) is 110 Å². The second kappa shape index (κ2) is 14.8. The third kappa shape index (κ3) is 6.58. The third-order valence-electron chi connectivity index (χ3n) is 10.5. The maximum Gasteiger partial charge on any atom is 0.530 e. The fourth-order valence-corrected chi connectivity index (χ4v) is 9.24. The Labute approximate surface area is 298 Å². The van der Waals surface area contributed by atoms with E-state index in [4.69, 9.17) is 20.3 Å². The zero-order valence-corrected chi connectivity index (χ0v) is 31.8. The van der Waals surface area contributed by atoms with Gasteiger partial charge in [0, 0.05) is 39.4 Å². The third-order valence-corrected chi connectivity index (χ3v) is 11.8. The molecule has 256 valence electrons. The molecule has 0 saturated carbocycles. The predicted octanol–water partition coefficient (Wildman–Crippen LogP) is 14.9. The molecule has 0 saturated heterocycles. The average Bonchev–Trinajstić information content (AvgIpc) is 3.25. The lowest BCUT2D eigenvalue weighted by atomic mass is 9.72. The van der Waals surface area contributed by atoms with Crippen molar-refractivity contribution in [3.8, 4) is 22.6 Å². The first-order chi connectivity index (χ1) is 23.7. The maximum atomic E-state index is 14.6. The Morgan fingerprint density at radius 3 is 2.06 bits per heavy atom. The second-order valence-corrected chi connectivity index (χ2v) is 15.9. The molecule has 49 heavy (non-hydrogen) atoms. The fraction of sp³-hybridized carbons (Fsp3) is 0.364. The van der Waals surface area contributed by atoms with Gasteiger partial charge in [0.15, 0.2) is 0 Å². The van der Waals surface area contributed by atoms with Gasteiger partial charge >= 0.3 is 6.95 Å². The molecule has 0 N–H and O–H groups in total. The van der Waals surface area contributed by atoms with Crippen molar-refractivity contribution in [1.29, 1.82) is 0 Å². The van der Waals surface area contributed by atoms with E-state index < -0.39 is 6.95 Å². The Bertz CT molecular complexity index is 2080. The topological polar surface area (TPSA) is 35.5 Å². The molecule has 0 amide bonds. The van der Waals surface area contributed by atoms with E-state index in [2.05, 4.69) is 127 Å². The van der Waals surface area contributed by atoms with Crippen molar-refractivity contribution < 1.29 is 13.6 Å². The minimum atomic E-state index is -4.17. The molecule has 0 aromatic heterocycles. The lowest BCUT2D eigenvalue weighted by molar-refractivity contribution is 0.406. The fourth-order valence-electron chi connectivity index (χ4n) is 7.97. The number of halogens is 1. The summed E-state index contributed by atoms with van der Waals surface area (Å²) in [6, 6.07) is 21.4. The van der Waals surface area contributed by atoms with Gasteiger partial charge in [-0.05, 0) is 96.2 Å². The lowest BCUT2D eigenvalue weighted by Crippen LogP contribution is -2.18. The van der Waals surface area contributed by atoms with Gasteiger partial charge in [-0.1, -0.05) is 131 Å². The zero-order chi connectivity index (χ0) is 34.9. The van der Waals surface area contributed by atoms with Crippen LogP contribution in [0.25, 0.3) is 38.2 Å². The lowest BCUT2D eigenvalue weighted by Gasteiger charge is -2.33. The van der Waals surface area contributed by atoms with Crippen LogP contribution in [-0.2, 0) is 4.57 Å². The molecule has 0 spiro atoms. The molecule has 3 atom stereocenters. The van der Waals surface area contributed by atoms with E-state index in [0.29, 0.717) is 11.5 Å². The van der Waals surface area contributed by atoms with Crippen LogP contribution in [0.5, 0.6) is 11.5 Å². The van der Waals surface area contributed by atoms with Crippen LogP contribution in [0, 0.1) is 5.92 Å². The van der Waals surface area contributed by atoms with Gasteiger partial charge in [0.1, 0.15) is 11.5 Å². The first-order valence-electron chi connectivity index (χ1n) is 18.3. The molecule has 0 radical (unpaired) electrons. The van der Waals surface area contributed by atoms with Gasteiger partial charge in [-0.25, -0.2) is 4.57 Å². The highest BCUT2D eigenvalue weighted by molar-refractivity contribution is 7.82. The van der Waals surface area contributed by atoms with Crippen LogP contribution in [0.15, 0.2) is 101 Å². The Morgan fingerprint density at radius 2 is 1.47 bits per heavy atom. The highest BCUT2D eigenvalue weighted by Crippen LogP contribution is 2.65. The number of hydrogen-bond donors (Lipinski definition) is 0. The number of fused-ring (bicyclic) bond motifs is 7. The Kier molecular flexibility index (Phi) is 10.6. The van der Waals surface area contributed by atoms with E-state index in [0.717, 1.165) is 94.3 Å². The number of hydrogen-bond acceptors (Lipinski definition) is 3. The van der Waals surface area contributed by atoms with Crippen molar-refractivity contribution in [2.75, 3.05) is 0 Å². The van der Waals surface area contributed by atoms with Crippen molar-refractivity contribution in [1.82, 2.24) is 0 Å². The normalized spacial score (nSPS) is 21.2. The largest absolute Gasteiger partial charge is 0.530 e. The minimum Gasteiger partial charge on any atom is -0.404 e. The smallest absolute Gasteiger partial charge is 0.404 e. The maximum absolute atomic E-state index is 14.6. The highest BCUT2D eigenvalue weighted by Gasteiger charge is 2.40. The number of unbranched alkanes of at least 4 members (excludes halogenated alkanes) is 1. The molecule has 6 rings (SSSR count). The van der Waals surface area contributed by atoms with E-state index in [9.17, 15) is 4.57 Å². The summed E-state index contributed by atoms with van der Waals surface area (Å²) in [6.07, 6.45) is 13.8. The minimum absolute atomic E-state index is 0.0535. The van der Waals surface area contributed by atoms with E-state index in [-0.39, 0.29) is 11.8 Å². The summed E-state index contributed by atoms with van der Waals surface area (Å²) >= 11 is 6.97. The van der Waals surface area contributed by atoms with Gasteiger partial charge in [0.25, 0.3) is 0 Å². The highest BCUT2D eigenvalue weighted by atomic mass is 35.7. The van der Waals surface area contributed by atoms with E-state index in [1.165, 1.54) is 22.3 Å². The van der Waals surface area contributed by atoms with E-state index >= 15 is 0 Å². The van der Waals surface area contributed by atoms with Crippen molar-refractivity contribution in [2.45, 2.75) is 99.3 Å². The molecule has 4 aromatic carbocycles. The molecule has 1 aliphatic carbocycles. The molecule has 2 aliphatic rings. The zero-order valence-electron chi connectivity index (χ0n) is 30.2. The van der Waals surface area contributed by atoms with Crippen molar-refractivity contribution in [2.24, 2.45) is 5.92 Å². The summed E-state index contributed by atoms with van der Waals surface area (Å²) in [5.74, 6) is 1.43. The summed E-state index contributed by atoms with van der Waals surface area (Å²) in [7, 11) is 0. The van der Waals surface area contributed by atoms with Crippen molar-refractivity contribution >= 4 is 45.3 Å². The number of rotatable bonds is 10. The molecule has 4 aromatic rings. The van der Waals surface area contributed by atoms with Crippen molar-refractivity contribution in [3.05, 3.63) is 112 Å². The van der Waals surface area contributed by atoms with Crippen LogP contribution >= 0.6 is 18.2 Å². The Balaban J connectivity index is 1.81. The summed E-state index contributed by atoms with van der Waals surface area (Å²) in [5, 5.41) is 4.25. The first-order valence-corrected chi connectivity index (χ1v) is 20.8. The van der Waals surface area contributed by atoms with Crippen LogP contribution in [0.4, 0.5) is 0 Å². The second-order valence-electron chi connectivity index (χ2n) is 13.5. The van der Waals surface area contributed by atoms with Gasteiger partial charge in [-0.3, -0.25) is 0 Å². The Morgan fingerprint density at radius 1 is 0.837 bits per heavy atom. The molecule has 0 bridgehead atoms. The molecule has 1 heterocycles. The van der Waals surface area contributed by atoms with Gasteiger partial charge < -0.3 is 9.05 Å². The van der Waals surface area contributed by atoms with E-state index in [1.54, 1.807) is 0 Å². The Hall–Kier alpha value is -3.52. The first kappa shape index (κ1) is 35.3. The molecule has 3 nitrogen and oxygen atoms in total. The molecule has 1 aliphatic heterocycles. The summed E-state index contributed by atoms with van der Waals surface area (Å²) < 4.78 is 27.8. The van der Waals surface area contributed by atoms with E-state index in [1.807, 2.05) is 0 Å². The van der Waals surface area contributed by atoms with Gasteiger partial charge in [-0.2, -0.15) is 0 Å². The summed E-state index contributed by atoms with van der Waals surface area (Å²) in [4.78, 5) is 0. The van der Waals surface area contributed by atoms with Crippen LogP contribution in [0.3, 0.4) is 0 Å². The number of benzene rings is 4. The van der Waals surface area contributed by atoms with Gasteiger partial charge in [0.05, 0.1) is 0 Å². The van der Waals surface area contributed by atoms with Crippen LogP contribution in [0.2, 0.25) is 0 Å². The van der Waals surface area contributed by atoms with Gasteiger partial charge in [-0.15, -0.1) is 0 Å². The predicted molar refractivity (Wildman–Crippen MR) is 211 cm³/mol. The monoisotopic (exact) mass is 692 g/mol. The molecule has 0 fully saturated rings. The van der Waals surface area contributed by atoms with Crippen LogP contribution in [-0.4, -0.2) is 0 Å². The summed E-state index contributed by atoms with van der Waals surface area (Å²) in [5.41, 5.74) is 10.1. The van der Waals surface area contributed by atoms with Crippen LogP contribution < -0.4 is 9.05 Å². The molecular weight excluding hydrogens is 643 g/mol.